The molecule has 0 spiro atoms. The minimum Gasteiger partial charge on any atom is -0.481 e. The number of halogens is 3. The molecular weight excluding hydrogens is 459 g/mol. The first kappa shape index (κ1) is 22.6. The van der Waals surface area contributed by atoms with Gasteiger partial charge >= 0.3 is 6.18 Å². The van der Waals surface area contributed by atoms with Crippen molar-refractivity contribution in [2.75, 3.05) is 13.7 Å². The molecule has 1 aliphatic heterocycles. The highest BCUT2D eigenvalue weighted by Crippen LogP contribution is 2.78. The quantitative estimate of drug-likeness (QED) is 0.511. The van der Waals surface area contributed by atoms with Crippen LogP contribution in [-0.2, 0) is 10.2 Å². The summed E-state index contributed by atoms with van der Waals surface area (Å²) in [7, 11) is 1.57. The fourth-order valence-electron chi connectivity index (χ4n) is 6.09. The van der Waals surface area contributed by atoms with E-state index in [4.69, 9.17) is 19.4 Å². The molecule has 4 aliphatic rings. The molecule has 3 aliphatic carbocycles. The van der Waals surface area contributed by atoms with E-state index in [0.29, 0.717) is 48.0 Å². The van der Waals surface area contributed by atoms with Gasteiger partial charge in [-0.1, -0.05) is 0 Å². The topological polar surface area (TPSA) is 82.9 Å². The first-order valence-corrected chi connectivity index (χ1v) is 11.9. The van der Waals surface area contributed by atoms with Crippen molar-refractivity contribution in [2.45, 2.75) is 69.6 Å². The van der Waals surface area contributed by atoms with Gasteiger partial charge in [0.05, 0.1) is 35.7 Å². The van der Waals surface area contributed by atoms with Crippen LogP contribution in [0.5, 0.6) is 5.88 Å². The first-order chi connectivity index (χ1) is 16.6. The van der Waals surface area contributed by atoms with E-state index in [1.165, 1.54) is 0 Å². The summed E-state index contributed by atoms with van der Waals surface area (Å²) in [4.78, 5) is 23.3. The second-order valence-corrected chi connectivity index (χ2v) is 10.3. The summed E-state index contributed by atoms with van der Waals surface area (Å²) < 4.78 is 52.2. The van der Waals surface area contributed by atoms with Crippen LogP contribution in [0.2, 0.25) is 0 Å². The second kappa shape index (κ2) is 7.56. The van der Waals surface area contributed by atoms with Crippen LogP contribution >= 0.6 is 0 Å². The summed E-state index contributed by atoms with van der Waals surface area (Å²) in [5.74, 6) is 1.09. The first-order valence-electron chi connectivity index (χ1n) is 11.9. The van der Waals surface area contributed by atoms with E-state index < -0.39 is 17.0 Å². The molecule has 0 N–H and O–H groups in total. The van der Waals surface area contributed by atoms with Crippen LogP contribution in [0, 0.1) is 19.3 Å². The van der Waals surface area contributed by atoms with E-state index in [9.17, 15) is 13.2 Å². The Balaban J connectivity index is 1.39. The van der Waals surface area contributed by atoms with Crippen molar-refractivity contribution in [3.63, 3.8) is 0 Å². The third kappa shape index (κ3) is 3.32. The zero-order valence-corrected chi connectivity index (χ0v) is 19.8. The number of aryl methyl sites for hydroxylation is 2. The fourth-order valence-corrected chi connectivity index (χ4v) is 6.09. The van der Waals surface area contributed by atoms with Gasteiger partial charge in [0.2, 0.25) is 5.88 Å². The van der Waals surface area contributed by atoms with Gasteiger partial charge in [-0.05, 0) is 58.1 Å². The van der Waals surface area contributed by atoms with Crippen molar-refractivity contribution in [1.82, 2.24) is 24.9 Å². The SMILES string of the molecule is COc1ncccc1[C@H]1C[C@H](c2nc(C34CC(C(F)(F)F)(C3)C4)c3nc(C)c(C)nc3n2)CCO1. The minimum absolute atomic E-state index is 0.0332. The summed E-state index contributed by atoms with van der Waals surface area (Å²) in [5.41, 5.74) is 1.80. The molecule has 0 aromatic carbocycles. The number of pyridine rings is 1. The molecule has 1 saturated heterocycles. The molecule has 0 unspecified atom stereocenters. The molecule has 3 aromatic rings. The molecule has 184 valence electrons. The van der Waals surface area contributed by atoms with Crippen molar-refractivity contribution < 1.29 is 22.6 Å². The van der Waals surface area contributed by atoms with E-state index in [1.807, 2.05) is 26.0 Å². The van der Waals surface area contributed by atoms with Crippen molar-refractivity contribution in [3.8, 4) is 5.88 Å². The van der Waals surface area contributed by atoms with E-state index in [-0.39, 0.29) is 31.3 Å². The number of fused-ring (bicyclic) bond motifs is 1. The molecule has 0 amide bonds. The summed E-state index contributed by atoms with van der Waals surface area (Å²) in [5, 5.41) is 0. The lowest BCUT2D eigenvalue weighted by atomic mass is 9.34. The van der Waals surface area contributed by atoms with Crippen LogP contribution in [-0.4, -0.2) is 44.8 Å². The molecule has 7 rings (SSSR count). The molecule has 35 heavy (non-hydrogen) atoms. The molecule has 4 fully saturated rings. The van der Waals surface area contributed by atoms with Gasteiger partial charge < -0.3 is 9.47 Å². The predicted molar refractivity (Wildman–Crippen MR) is 120 cm³/mol. The Kier molecular flexibility index (Phi) is 4.87. The molecule has 10 heteroatoms. The van der Waals surface area contributed by atoms with Gasteiger partial charge in [-0.15, -0.1) is 0 Å². The Hall–Kier alpha value is -2.88. The monoisotopic (exact) mass is 485 g/mol. The average Bonchev–Trinajstić information content (AvgIpc) is 2.77. The number of hydrogen-bond acceptors (Lipinski definition) is 7. The summed E-state index contributed by atoms with van der Waals surface area (Å²) >= 11 is 0. The molecule has 2 atom stereocenters. The summed E-state index contributed by atoms with van der Waals surface area (Å²) in [6.45, 7) is 4.22. The molecule has 2 bridgehead atoms. The fraction of sp³-hybridized carbons (Fsp3) is 0.560. The lowest BCUT2D eigenvalue weighted by molar-refractivity contribution is -0.337. The van der Waals surface area contributed by atoms with E-state index >= 15 is 0 Å². The normalized spacial score (nSPS) is 30.0. The standard InChI is InChI=1S/C25H26F3N5O2/c1-13-14(2)31-21-18(30-13)19(23-10-24(11-23,12-23)25(26,27)28)32-20(33-21)15-6-8-35-17(9-15)16-5-4-7-29-22(16)34-3/h4-5,7,15,17H,6,8-12H2,1-3H3/t15-,17-,23?,24?/m1/s1. The maximum Gasteiger partial charge on any atom is 0.394 e. The van der Waals surface area contributed by atoms with Crippen LogP contribution in [0.25, 0.3) is 11.2 Å². The zero-order valence-electron chi connectivity index (χ0n) is 19.8. The maximum atomic E-state index is 13.6. The minimum atomic E-state index is -4.19. The van der Waals surface area contributed by atoms with Gasteiger partial charge in [0, 0.05) is 29.7 Å². The largest absolute Gasteiger partial charge is 0.481 e. The number of methoxy groups -OCH3 is 1. The van der Waals surface area contributed by atoms with Crippen LogP contribution in [0.15, 0.2) is 18.3 Å². The van der Waals surface area contributed by atoms with Gasteiger partial charge in [-0.2, -0.15) is 13.2 Å². The zero-order chi connectivity index (χ0) is 24.6. The third-order valence-electron chi connectivity index (χ3n) is 8.08. The van der Waals surface area contributed by atoms with Gasteiger partial charge in [0.1, 0.15) is 11.3 Å². The highest BCUT2D eigenvalue weighted by atomic mass is 19.4. The Bertz CT molecular complexity index is 1310. The Morgan fingerprint density at radius 2 is 1.80 bits per heavy atom. The molecule has 7 nitrogen and oxygen atoms in total. The number of alkyl halides is 3. The van der Waals surface area contributed by atoms with Gasteiger partial charge in [-0.3, -0.25) is 0 Å². The molecule has 4 heterocycles. The van der Waals surface area contributed by atoms with E-state index in [2.05, 4.69) is 15.0 Å². The molecule has 3 saturated carbocycles. The molecular formula is C25H26F3N5O2. The van der Waals surface area contributed by atoms with Crippen molar-refractivity contribution in [2.24, 2.45) is 5.41 Å². The third-order valence-corrected chi connectivity index (χ3v) is 8.08. The lowest BCUT2D eigenvalue weighted by Crippen LogP contribution is -2.70. The van der Waals surface area contributed by atoms with Crippen LogP contribution < -0.4 is 4.74 Å². The van der Waals surface area contributed by atoms with Crippen LogP contribution in [0.4, 0.5) is 13.2 Å². The second-order valence-electron chi connectivity index (χ2n) is 10.3. The van der Waals surface area contributed by atoms with Gasteiger partial charge in [0.15, 0.2) is 5.65 Å². The Morgan fingerprint density at radius 1 is 1.06 bits per heavy atom. The van der Waals surface area contributed by atoms with E-state index in [0.717, 1.165) is 17.0 Å². The number of aromatic nitrogens is 5. The Morgan fingerprint density at radius 3 is 2.51 bits per heavy atom. The number of rotatable bonds is 4. The Labute approximate surface area is 200 Å². The molecule has 0 radical (unpaired) electrons. The summed E-state index contributed by atoms with van der Waals surface area (Å²) in [6, 6.07) is 3.77. The highest BCUT2D eigenvalue weighted by Gasteiger charge is 2.79. The maximum absolute atomic E-state index is 13.6. The van der Waals surface area contributed by atoms with Crippen molar-refractivity contribution >= 4 is 11.2 Å². The predicted octanol–water partition coefficient (Wildman–Crippen LogP) is 5.06. The van der Waals surface area contributed by atoms with Gasteiger partial charge in [-0.25, -0.2) is 24.9 Å². The number of nitrogens with zero attached hydrogens (tertiary/aromatic N) is 5. The summed E-state index contributed by atoms with van der Waals surface area (Å²) in [6.07, 6.45) is -1.24. The van der Waals surface area contributed by atoms with Crippen molar-refractivity contribution in [3.05, 3.63) is 46.8 Å². The highest BCUT2D eigenvalue weighted by molar-refractivity contribution is 5.75. The number of hydrogen-bond donors (Lipinski definition) is 0. The van der Waals surface area contributed by atoms with Crippen LogP contribution in [0.1, 0.15) is 72.6 Å². The van der Waals surface area contributed by atoms with Crippen LogP contribution in [0.3, 0.4) is 0 Å². The van der Waals surface area contributed by atoms with Gasteiger partial charge in [0.25, 0.3) is 0 Å². The van der Waals surface area contributed by atoms with E-state index in [1.54, 1.807) is 13.3 Å². The number of ether oxygens (including phenoxy) is 2. The molecule has 3 aromatic heterocycles. The lowest BCUT2D eigenvalue weighted by Gasteiger charge is -2.70. The van der Waals surface area contributed by atoms with Crippen molar-refractivity contribution in [1.29, 1.82) is 0 Å². The smallest absolute Gasteiger partial charge is 0.394 e. The average molecular weight is 486 g/mol.